The first-order valence-corrected chi connectivity index (χ1v) is 8.39. The number of hydrogen-bond acceptors (Lipinski definition) is 4. The Morgan fingerprint density at radius 3 is 2.60 bits per heavy atom. The number of fused-ring (bicyclic) bond motifs is 1. The second-order valence-corrected chi connectivity index (χ2v) is 6.47. The lowest BCUT2D eigenvalue weighted by molar-refractivity contribution is -0.118. The first-order valence-electron chi connectivity index (χ1n) is 7.60. The van der Waals surface area contributed by atoms with Crippen LogP contribution in [0.1, 0.15) is 22.8 Å². The summed E-state index contributed by atoms with van der Waals surface area (Å²) < 4.78 is 6.71. The van der Waals surface area contributed by atoms with Gasteiger partial charge in [0.15, 0.2) is 0 Å². The summed E-state index contributed by atoms with van der Waals surface area (Å²) in [6.07, 6.45) is 0. The summed E-state index contributed by atoms with van der Waals surface area (Å²) in [7, 11) is 0. The van der Waals surface area contributed by atoms with E-state index in [4.69, 9.17) is 4.42 Å². The van der Waals surface area contributed by atoms with Crippen molar-refractivity contribution in [3.63, 3.8) is 0 Å². The summed E-state index contributed by atoms with van der Waals surface area (Å²) in [5, 5.41) is 3.00. The molecule has 1 aromatic heterocycles. The number of para-hydroxylation sites is 1. The van der Waals surface area contributed by atoms with E-state index in [0.29, 0.717) is 11.3 Å². The van der Waals surface area contributed by atoms with Crippen LogP contribution in [0.4, 0.5) is 5.69 Å². The lowest BCUT2D eigenvalue weighted by Gasteiger charge is -2.06. The average Bonchev–Trinajstić information content (AvgIpc) is 2.56. The van der Waals surface area contributed by atoms with Crippen LogP contribution >= 0.6 is 15.9 Å². The third kappa shape index (κ3) is 3.85. The number of halogens is 1. The molecule has 3 aromatic rings. The Morgan fingerprint density at radius 2 is 1.88 bits per heavy atom. The highest BCUT2D eigenvalue weighted by molar-refractivity contribution is 9.10. The molecule has 0 saturated carbocycles. The smallest absolute Gasteiger partial charge is 0.263 e. The summed E-state index contributed by atoms with van der Waals surface area (Å²) in [4.78, 5) is 28.2. The van der Waals surface area contributed by atoms with Gasteiger partial charge in [-0.25, -0.2) is 4.99 Å². The van der Waals surface area contributed by atoms with Gasteiger partial charge >= 0.3 is 0 Å². The van der Waals surface area contributed by atoms with Crippen LogP contribution in [-0.4, -0.2) is 11.8 Å². The molecule has 126 valence electrons. The molecule has 0 atom stereocenters. The zero-order valence-corrected chi connectivity index (χ0v) is 15.3. The van der Waals surface area contributed by atoms with E-state index in [-0.39, 0.29) is 11.1 Å². The minimum absolute atomic E-state index is 0.155. The fourth-order valence-corrected chi connectivity index (χ4v) is 2.75. The minimum atomic E-state index is -0.551. The fourth-order valence-electron chi connectivity index (χ4n) is 2.37. The third-order valence-electron chi connectivity index (χ3n) is 3.58. The summed E-state index contributed by atoms with van der Waals surface area (Å²) in [5.41, 5.74) is 2.59. The van der Waals surface area contributed by atoms with Crippen molar-refractivity contribution in [2.24, 2.45) is 4.99 Å². The maximum atomic E-state index is 12.4. The van der Waals surface area contributed by atoms with Gasteiger partial charge in [-0.05, 0) is 42.8 Å². The predicted octanol–water partition coefficient (Wildman–Crippen LogP) is 4.01. The van der Waals surface area contributed by atoms with Crippen LogP contribution < -0.4 is 10.9 Å². The van der Waals surface area contributed by atoms with Crippen molar-refractivity contribution >= 4 is 44.4 Å². The zero-order valence-electron chi connectivity index (χ0n) is 13.7. The molecule has 0 aliphatic carbocycles. The SMILES string of the molecule is CC(=O)NC(=O)c1cc2cc(Br)ccc2oc1=Nc1ccccc1C. The fraction of sp³-hybridized carbons (Fsp3) is 0.105. The summed E-state index contributed by atoms with van der Waals surface area (Å²) in [5.74, 6) is -0.994. The van der Waals surface area contributed by atoms with Gasteiger partial charge in [0.25, 0.3) is 5.91 Å². The molecule has 0 saturated heterocycles. The summed E-state index contributed by atoms with van der Waals surface area (Å²) in [6, 6.07) is 14.7. The number of aryl methyl sites for hydroxylation is 1. The second kappa shape index (κ2) is 7.03. The van der Waals surface area contributed by atoms with E-state index in [2.05, 4.69) is 26.2 Å². The second-order valence-electron chi connectivity index (χ2n) is 5.56. The minimum Gasteiger partial charge on any atom is -0.438 e. The van der Waals surface area contributed by atoms with Crippen LogP contribution in [0.25, 0.3) is 11.0 Å². The van der Waals surface area contributed by atoms with E-state index in [1.165, 1.54) is 6.92 Å². The Labute approximate surface area is 152 Å². The number of amides is 2. The number of imide groups is 1. The third-order valence-corrected chi connectivity index (χ3v) is 4.07. The van der Waals surface area contributed by atoms with Crippen molar-refractivity contribution < 1.29 is 14.0 Å². The summed E-state index contributed by atoms with van der Waals surface area (Å²) >= 11 is 3.40. The van der Waals surface area contributed by atoms with Crippen molar-refractivity contribution in [1.29, 1.82) is 0 Å². The molecule has 1 heterocycles. The lowest BCUT2D eigenvalue weighted by Crippen LogP contribution is -2.32. The molecule has 0 aliphatic heterocycles. The van der Waals surface area contributed by atoms with Crippen LogP contribution in [0.15, 0.2) is 62.4 Å². The molecule has 0 radical (unpaired) electrons. The maximum absolute atomic E-state index is 12.4. The Hall–Kier alpha value is -2.73. The number of carbonyl (C=O) groups is 2. The normalized spacial score (nSPS) is 11.6. The van der Waals surface area contributed by atoms with Gasteiger partial charge in [-0.15, -0.1) is 0 Å². The quantitative estimate of drug-likeness (QED) is 0.708. The van der Waals surface area contributed by atoms with Crippen molar-refractivity contribution in [2.45, 2.75) is 13.8 Å². The molecule has 25 heavy (non-hydrogen) atoms. The predicted molar refractivity (Wildman–Crippen MR) is 98.5 cm³/mol. The Morgan fingerprint density at radius 1 is 1.12 bits per heavy atom. The van der Waals surface area contributed by atoms with Crippen LogP contribution in [0.3, 0.4) is 0 Å². The lowest BCUT2D eigenvalue weighted by atomic mass is 10.1. The number of nitrogens with zero attached hydrogens (tertiary/aromatic N) is 1. The molecular weight excluding hydrogens is 384 g/mol. The molecule has 5 nitrogen and oxygen atoms in total. The monoisotopic (exact) mass is 398 g/mol. The zero-order chi connectivity index (χ0) is 18.0. The molecule has 0 spiro atoms. The van der Waals surface area contributed by atoms with Gasteiger partial charge in [0.05, 0.1) is 5.69 Å². The number of hydrogen-bond donors (Lipinski definition) is 1. The Kier molecular flexibility index (Phi) is 4.81. The molecule has 0 bridgehead atoms. The van der Waals surface area contributed by atoms with E-state index >= 15 is 0 Å². The number of rotatable bonds is 2. The highest BCUT2D eigenvalue weighted by atomic mass is 79.9. The van der Waals surface area contributed by atoms with Gasteiger partial charge < -0.3 is 4.42 Å². The van der Waals surface area contributed by atoms with Gasteiger partial charge in [0.1, 0.15) is 11.1 Å². The van der Waals surface area contributed by atoms with E-state index in [1.54, 1.807) is 12.1 Å². The first-order chi connectivity index (χ1) is 11.9. The molecule has 2 aromatic carbocycles. The number of carbonyl (C=O) groups excluding carboxylic acids is 2. The van der Waals surface area contributed by atoms with Gasteiger partial charge in [-0.3, -0.25) is 14.9 Å². The van der Waals surface area contributed by atoms with Crippen molar-refractivity contribution in [3.8, 4) is 0 Å². The number of nitrogens with one attached hydrogen (secondary N) is 1. The maximum Gasteiger partial charge on any atom is 0.263 e. The van der Waals surface area contributed by atoms with Crippen LogP contribution in [0.2, 0.25) is 0 Å². The molecule has 0 unspecified atom stereocenters. The van der Waals surface area contributed by atoms with E-state index in [1.807, 2.05) is 43.3 Å². The van der Waals surface area contributed by atoms with Crippen LogP contribution in [0.5, 0.6) is 0 Å². The molecule has 6 heteroatoms. The van der Waals surface area contributed by atoms with E-state index in [0.717, 1.165) is 15.4 Å². The van der Waals surface area contributed by atoms with Gasteiger partial charge in [-0.1, -0.05) is 34.1 Å². The van der Waals surface area contributed by atoms with E-state index in [9.17, 15) is 9.59 Å². The molecule has 1 N–H and O–H groups in total. The number of benzene rings is 2. The standard InChI is InChI=1S/C19H15BrN2O3/c1-11-5-3-4-6-16(11)22-19-15(18(24)21-12(2)23)10-13-9-14(20)7-8-17(13)25-19/h3-10H,1-2H3,(H,21,23,24). The van der Waals surface area contributed by atoms with Crippen LogP contribution in [-0.2, 0) is 4.79 Å². The van der Waals surface area contributed by atoms with Crippen molar-refractivity contribution in [2.75, 3.05) is 0 Å². The highest BCUT2D eigenvalue weighted by Gasteiger charge is 2.14. The van der Waals surface area contributed by atoms with Gasteiger partial charge in [0.2, 0.25) is 11.5 Å². The van der Waals surface area contributed by atoms with E-state index < -0.39 is 11.8 Å². The molecule has 0 aliphatic rings. The van der Waals surface area contributed by atoms with Gasteiger partial charge in [-0.2, -0.15) is 0 Å². The molecule has 3 rings (SSSR count). The van der Waals surface area contributed by atoms with Crippen molar-refractivity contribution in [3.05, 3.63) is 69.7 Å². The van der Waals surface area contributed by atoms with Crippen molar-refractivity contribution in [1.82, 2.24) is 5.32 Å². The topological polar surface area (TPSA) is 71.7 Å². The molecular formula is C19H15BrN2O3. The Bertz CT molecular complexity index is 1050. The van der Waals surface area contributed by atoms with Crippen LogP contribution in [0, 0.1) is 6.92 Å². The average molecular weight is 399 g/mol. The highest BCUT2D eigenvalue weighted by Crippen LogP contribution is 2.21. The van der Waals surface area contributed by atoms with Gasteiger partial charge in [0, 0.05) is 16.8 Å². The molecule has 0 fully saturated rings. The first kappa shape index (κ1) is 17.1. The molecule has 2 amide bonds. The summed E-state index contributed by atoms with van der Waals surface area (Å²) in [6.45, 7) is 3.21. The Balaban J connectivity index is 2.27. The largest absolute Gasteiger partial charge is 0.438 e.